The monoisotopic (exact) mass is 445 g/mol. The van der Waals surface area contributed by atoms with Gasteiger partial charge in [-0.25, -0.2) is 0 Å². The molecule has 0 saturated heterocycles. The minimum atomic E-state index is -0.114. The Morgan fingerprint density at radius 3 is 1.79 bits per heavy atom. The molecule has 34 heavy (non-hydrogen) atoms. The zero-order valence-electron chi connectivity index (χ0n) is 20.9. The van der Waals surface area contributed by atoms with E-state index in [1.165, 1.54) is 49.4 Å². The summed E-state index contributed by atoms with van der Waals surface area (Å²) in [5.74, 6) is 0. The second-order valence-corrected chi connectivity index (χ2v) is 11.5. The smallest absolute Gasteiger partial charge is 0.141 e. The Kier molecular flexibility index (Phi) is 4.33. The summed E-state index contributed by atoms with van der Waals surface area (Å²) in [5.41, 5.74) is 8.08. The predicted molar refractivity (Wildman–Crippen MR) is 145 cm³/mol. The normalized spacial score (nSPS) is 13.0. The zero-order chi connectivity index (χ0) is 23.8. The molecule has 0 unspecified atom stereocenters. The van der Waals surface area contributed by atoms with Gasteiger partial charge in [-0.1, -0.05) is 90.1 Å². The molecule has 0 saturated carbocycles. The third-order valence-electron chi connectivity index (χ3n) is 7.02. The van der Waals surface area contributed by atoms with Crippen LogP contribution in [0.1, 0.15) is 52.7 Å². The molecule has 2 heteroatoms. The minimum Gasteiger partial charge on any atom is -0.456 e. The first-order valence-corrected chi connectivity index (χ1v) is 12.1. The molecule has 0 N–H and O–H groups in total. The van der Waals surface area contributed by atoms with Crippen LogP contribution in [0.2, 0.25) is 0 Å². The number of para-hydroxylation sites is 2. The van der Waals surface area contributed by atoms with Crippen molar-refractivity contribution >= 4 is 43.7 Å². The molecule has 0 fully saturated rings. The van der Waals surface area contributed by atoms with Crippen LogP contribution < -0.4 is 0 Å². The van der Waals surface area contributed by atoms with Crippen LogP contribution in [0.4, 0.5) is 0 Å². The van der Waals surface area contributed by atoms with Crippen molar-refractivity contribution in [2.24, 2.45) is 0 Å². The third kappa shape index (κ3) is 2.94. The summed E-state index contributed by atoms with van der Waals surface area (Å²) in [6.45, 7) is 13.7. The number of furan rings is 1. The summed E-state index contributed by atoms with van der Waals surface area (Å²) in [4.78, 5) is 0. The molecule has 2 aromatic heterocycles. The lowest BCUT2D eigenvalue weighted by atomic mass is 9.82. The van der Waals surface area contributed by atoms with Crippen molar-refractivity contribution in [3.63, 3.8) is 0 Å². The highest BCUT2D eigenvalue weighted by Crippen LogP contribution is 2.44. The van der Waals surface area contributed by atoms with Gasteiger partial charge in [-0.2, -0.15) is 0 Å². The van der Waals surface area contributed by atoms with Crippen LogP contribution in [0.15, 0.2) is 83.3 Å². The highest BCUT2D eigenvalue weighted by atomic mass is 16.3. The molecule has 0 radical (unpaired) electrons. The number of hydrogen-bond acceptors (Lipinski definition) is 1. The first-order chi connectivity index (χ1) is 16.2. The highest BCUT2D eigenvalue weighted by molar-refractivity contribution is 6.12. The number of aromatic nitrogens is 1. The van der Waals surface area contributed by atoms with Gasteiger partial charge in [0.1, 0.15) is 11.2 Å². The van der Waals surface area contributed by atoms with E-state index >= 15 is 0 Å². The van der Waals surface area contributed by atoms with Gasteiger partial charge in [-0.3, -0.25) is 0 Å². The van der Waals surface area contributed by atoms with Crippen LogP contribution >= 0.6 is 0 Å². The largest absolute Gasteiger partial charge is 0.456 e. The SMILES string of the molecule is CC(C)(C)c1c(-n2c3ccccc3c3ccccc32)ccc2c1oc1cccc(C(C)(C)C)c12. The second-order valence-electron chi connectivity index (χ2n) is 11.5. The lowest BCUT2D eigenvalue weighted by molar-refractivity contribution is 0.570. The van der Waals surface area contributed by atoms with Crippen LogP contribution in [0.25, 0.3) is 49.4 Å². The molecule has 2 nitrogen and oxygen atoms in total. The van der Waals surface area contributed by atoms with Crippen molar-refractivity contribution in [2.75, 3.05) is 0 Å². The van der Waals surface area contributed by atoms with E-state index in [0.717, 1.165) is 11.2 Å². The van der Waals surface area contributed by atoms with Crippen molar-refractivity contribution in [3.05, 3.63) is 90.0 Å². The zero-order valence-corrected chi connectivity index (χ0v) is 20.9. The first kappa shape index (κ1) is 21.0. The summed E-state index contributed by atoms with van der Waals surface area (Å²) in [5, 5.41) is 5.00. The Bertz CT molecular complexity index is 1660. The molecule has 0 atom stereocenters. The summed E-state index contributed by atoms with van der Waals surface area (Å²) < 4.78 is 9.11. The van der Waals surface area contributed by atoms with Crippen LogP contribution in [0, 0.1) is 0 Å². The van der Waals surface area contributed by atoms with Crippen molar-refractivity contribution in [1.82, 2.24) is 4.57 Å². The summed E-state index contributed by atoms with van der Waals surface area (Å²) in [6, 6.07) is 28.4. The van der Waals surface area contributed by atoms with Gasteiger partial charge >= 0.3 is 0 Å². The van der Waals surface area contributed by atoms with Gasteiger partial charge in [-0.05, 0) is 46.7 Å². The van der Waals surface area contributed by atoms with Crippen molar-refractivity contribution in [2.45, 2.75) is 52.4 Å². The Balaban J connectivity index is 1.80. The molecule has 6 rings (SSSR count). The standard InChI is InChI=1S/C32H31NO/c1-31(2,3)23-14-11-17-27-28(23)22-18-19-26(29(30(22)34-27)32(4,5)6)33-24-15-9-7-12-20(24)21-13-8-10-16-25(21)33/h7-19H,1-6H3. The Morgan fingerprint density at radius 2 is 1.21 bits per heavy atom. The molecule has 6 aromatic rings. The molecule has 0 spiro atoms. The highest BCUT2D eigenvalue weighted by Gasteiger charge is 2.29. The maximum Gasteiger partial charge on any atom is 0.141 e. The van der Waals surface area contributed by atoms with Gasteiger partial charge in [-0.15, -0.1) is 0 Å². The van der Waals surface area contributed by atoms with Crippen LogP contribution in [-0.2, 0) is 10.8 Å². The van der Waals surface area contributed by atoms with E-state index in [1.54, 1.807) is 0 Å². The number of hydrogen-bond donors (Lipinski definition) is 0. The van der Waals surface area contributed by atoms with Crippen LogP contribution in [-0.4, -0.2) is 4.57 Å². The lowest BCUT2D eigenvalue weighted by Crippen LogP contribution is -2.16. The van der Waals surface area contributed by atoms with E-state index in [4.69, 9.17) is 4.42 Å². The Morgan fingerprint density at radius 1 is 0.588 bits per heavy atom. The first-order valence-electron chi connectivity index (χ1n) is 12.1. The Labute approximate surface area is 200 Å². The third-order valence-corrected chi connectivity index (χ3v) is 7.02. The van der Waals surface area contributed by atoms with Crippen molar-refractivity contribution in [1.29, 1.82) is 0 Å². The second kappa shape index (κ2) is 6.99. The summed E-state index contributed by atoms with van der Waals surface area (Å²) in [7, 11) is 0. The van der Waals surface area contributed by atoms with Gasteiger partial charge in [0.05, 0.1) is 16.7 Å². The summed E-state index contributed by atoms with van der Waals surface area (Å²) in [6.07, 6.45) is 0. The van der Waals surface area contributed by atoms with Crippen LogP contribution in [0.3, 0.4) is 0 Å². The van der Waals surface area contributed by atoms with Gasteiger partial charge in [0.25, 0.3) is 0 Å². The van der Waals surface area contributed by atoms with E-state index in [0.29, 0.717) is 0 Å². The topological polar surface area (TPSA) is 18.1 Å². The molecular formula is C32H31NO. The quantitative estimate of drug-likeness (QED) is 0.247. The average Bonchev–Trinajstić information content (AvgIpc) is 3.32. The van der Waals surface area contributed by atoms with E-state index < -0.39 is 0 Å². The van der Waals surface area contributed by atoms with Gasteiger partial charge in [0.15, 0.2) is 0 Å². The molecule has 4 aromatic carbocycles. The number of fused-ring (bicyclic) bond motifs is 6. The molecule has 2 heterocycles. The van der Waals surface area contributed by atoms with Gasteiger partial charge in [0.2, 0.25) is 0 Å². The fourth-order valence-corrected chi connectivity index (χ4v) is 5.60. The van der Waals surface area contributed by atoms with Crippen molar-refractivity contribution in [3.8, 4) is 5.69 Å². The molecule has 0 bridgehead atoms. The fraction of sp³-hybridized carbons (Fsp3) is 0.250. The molecule has 0 aliphatic rings. The minimum absolute atomic E-state index is 0.0315. The predicted octanol–water partition coefficient (Wildman–Crippen LogP) is 9.28. The Hall–Kier alpha value is -3.52. The van der Waals surface area contributed by atoms with Gasteiger partial charge < -0.3 is 8.98 Å². The van der Waals surface area contributed by atoms with Crippen molar-refractivity contribution < 1.29 is 4.42 Å². The summed E-state index contributed by atoms with van der Waals surface area (Å²) >= 11 is 0. The maximum atomic E-state index is 6.70. The maximum absolute atomic E-state index is 6.70. The molecule has 0 aliphatic carbocycles. The molecular weight excluding hydrogens is 414 g/mol. The number of benzene rings is 4. The van der Waals surface area contributed by atoms with E-state index in [-0.39, 0.29) is 10.8 Å². The van der Waals surface area contributed by atoms with E-state index in [1.807, 2.05) is 0 Å². The fourth-order valence-electron chi connectivity index (χ4n) is 5.60. The molecule has 0 aliphatic heterocycles. The van der Waals surface area contributed by atoms with E-state index in [9.17, 15) is 0 Å². The number of rotatable bonds is 1. The van der Waals surface area contributed by atoms with Gasteiger partial charge in [0, 0.05) is 27.1 Å². The molecule has 0 amide bonds. The van der Waals surface area contributed by atoms with Crippen LogP contribution in [0.5, 0.6) is 0 Å². The average molecular weight is 446 g/mol. The lowest BCUT2D eigenvalue weighted by Gasteiger charge is -2.25. The molecule has 170 valence electrons. The van der Waals surface area contributed by atoms with E-state index in [2.05, 4.69) is 125 Å². The number of nitrogens with zero attached hydrogens (tertiary/aromatic N) is 1.